The summed E-state index contributed by atoms with van der Waals surface area (Å²) in [6.45, 7) is 10.7. The molecule has 112 valence electrons. The van der Waals surface area contributed by atoms with Crippen molar-refractivity contribution in [2.24, 2.45) is 5.92 Å². The van der Waals surface area contributed by atoms with E-state index in [1.54, 1.807) is 0 Å². The monoisotopic (exact) mass is 272 g/mol. The molecule has 0 amide bonds. The normalized spacial score (nSPS) is 22.9. The second kappa shape index (κ2) is 7.82. The van der Waals surface area contributed by atoms with E-state index in [4.69, 9.17) is 9.84 Å². The molecule has 1 N–H and O–H groups in total. The number of ether oxygens (including phenoxy) is 1. The van der Waals surface area contributed by atoms with E-state index in [0.29, 0.717) is 18.9 Å². The number of aliphatic carboxylic acids is 1. The minimum absolute atomic E-state index is 0.117. The highest BCUT2D eigenvalue weighted by atomic mass is 16.5. The summed E-state index contributed by atoms with van der Waals surface area (Å²) in [4.78, 5) is 15.4. The molecule has 2 atom stereocenters. The summed E-state index contributed by atoms with van der Waals surface area (Å²) in [5.74, 6) is -0.0984. The van der Waals surface area contributed by atoms with Gasteiger partial charge in [0.05, 0.1) is 12.7 Å². The molecule has 0 bridgehead atoms. The largest absolute Gasteiger partial charge is 0.480 e. The molecular formula is C14H28N2O3. The van der Waals surface area contributed by atoms with Crippen LogP contribution in [-0.4, -0.2) is 72.9 Å². The van der Waals surface area contributed by atoms with Crippen LogP contribution in [0.5, 0.6) is 0 Å². The molecule has 2 unspecified atom stereocenters. The average Bonchev–Trinajstić information content (AvgIpc) is 2.28. The molecule has 1 rings (SSSR count). The lowest BCUT2D eigenvalue weighted by molar-refractivity contribution is -0.144. The lowest BCUT2D eigenvalue weighted by Gasteiger charge is -2.36. The van der Waals surface area contributed by atoms with E-state index >= 15 is 0 Å². The van der Waals surface area contributed by atoms with Crippen LogP contribution < -0.4 is 0 Å². The Labute approximate surface area is 116 Å². The summed E-state index contributed by atoms with van der Waals surface area (Å²) in [5, 5.41) is 9.15. The number of carbonyl (C=O) groups is 1. The minimum atomic E-state index is -0.750. The van der Waals surface area contributed by atoms with Crippen molar-refractivity contribution in [2.75, 3.05) is 39.8 Å². The first kappa shape index (κ1) is 16.4. The first-order chi connectivity index (χ1) is 8.93. The Bertz CT molecular complexity index is 284. The van der Waals surface area contributed by atoms with Gasteiger partial charge in [-0.3, -0.25) is 14.6 Å². The van der Waals surface area contributed by atoms with Crippen LogP contribution in [0.15, 0.2) is 0 Å². The number of hydrogen-bond donors (Lipinski definition) is 1. The molecule has 0 aromatic rings. The van der Waals surface area contributed by atoms with E-state index in [1.807, 2.05) is 18.9 Å². The molecule has 1 aliphatic heterocycles. The molecule has 19 heavy (non-hydrogen) atoms. The fraction of sp³-hybridized carbons (Fsp3) is 0.929. The summed E-state index contributed by atoms with van der Waals surface area (Å²) in [6, 6.07) is -0.413. The van der Waals surface area contributed by atoms with Gasteiger partial charge in [0, 0.05) is 26.2 Å². The van der Waals surface area contributed by atoms with E-state index in [2.05, 4.69) is 18.7 Å². The fourth-order valence-corrected chi connectivity index (χ4v) is 2.70. The smallest absolute Gasteiger partial charge is 0.320 e. The Kier molecular flexibility index (Phi) is 6.75. The zero-order chi connectivity index (χ0) is 14.4. The molecule has 0 spiro atoms. The summed E-state index contributed by atoms with van der Waals surface area (Å²) in [5.41, 5.74) is 0. The van der Waals surface area contributed by atoms with E-state index < -0.39 is 12.0 Å². The first-order valence-corrected chi connectivity index (χ1v) is 7.21. The Hall–Kier alpha value is -0.650. The van der Waals surface area contributed by atoms with Crippen LogP contribution >= 0.6 is 0 Å². The van der Waals surface area contributed by atoms with E-state index in [9.17, 15) is 4.79 Å². The zero-order valence-electron chi connectivity index (χ0n) is 12.6. The van der Waals surface area contributed by atoms with Crippen molar-refractivity contribution in [3.05, 3.63) is 0 Å². The van der Waals surface area contributed by atoms with Crippen molar-refractivity contribution < 1.29 is 14.6 Å². The van der Waals surface area contributed by atoms with Crippen LogP contribution in [0.2, 0.25) is 0 Å². The highest BCUT2D eigenvalue weighted by molar-refractivity contribution is 5.73. The van der Waals surface area contributed by atoms with Gasteiger partial charge in [-0.15, -0.1) is 0 Å². The van der Waals surface area contributed by atoms with Crippen molar-refractivity contribution in [1.82, 2.24) is 9.80 Å². The van der Waals surface area contributed by atoms with Gasteiger partial charge in [-0.1, -0.05) is 20.8 Å². The maximum atomic E-state index is 11.1. The highest BCUT2D eigenvalue weighted by Gasteiger charge is 2.26. The summed E-state index contributed by atoms with van der Waals surface area (Å²) in [7, 11) is 1.87. The van der Waals surface area contributed by atoms with Gasteiger partial charge in [0.15, 0.2) is 0 Å². The highest BCUT2D eigenvalue weighted by Crippen LogP contribution is 2.11. The maximum Gasteiger partial charge on any atom is 0.320 e. The van der Waals surface area contributed by atoms with Crippen molar-refractivity contribution in [1.29, 1.82) is 0 Å². The van der Waals surface area contributed by atoms with E-state index in [0.717, 1.165) is 26.2 Å². The molecule has 0 saturated carbocycles. The van der Waals surface area contributed by atoms with Crippen LogP contribution in [0.1, 0.15) is 27.2 Å². The summed E-state index contributed by atoms with van der Waals surface area (Å²) < 4.78 is 5.76. The Morgan fingerprint density at radius 3 is 2.74 bits per heavy atom. The van der Waals surface area contributed by atoms with Gasteiger partial charge in [-0.05, 0) is 19.4 Å². The molecular weight excluding hydrogens is 244 g/mol. The average molecular weight is 272 g/mol. The molecule has 1 aliphatic rings. The Balaban J connectivity index is 2.45. The second-order valence-corrected chi connectivity index (χ2v) is 5.85. The van der Waals surface area contributed by atoms with Crippen LogP contribution in [0.25, 0.3) is 0 Å². The van der Waals surface area contributed by atoms with Gasteiger partial charge in [0.1, 0.15) is 6.04 Å². The standard InChI is InChI=1S/C14H28N2O3/c1-5-13(14(17)18)15(4)9-12-10-16(6-7-19-12)8-11(2)3/h11-13H,5-10H2,1-4H3,(H,17,18). The van der Waals surface area contributed by atoms with Crippen molar-refractivity contribution in [2.45, 2.75) is 39.3 Å². The van der Waals surface area contributed by atoms with Gasteiger partial charge >= 0.3 is 5.97 Å². The lowest BCUT2D eigenvalue weighted by Crippen LogP contribution is -2.50. The third-order valence-corrected chi connectivity index (χ3v) is 3.54. The lowest BCUT2D eigenvalue weighted by atomic mass is 10.1. The molecule has 1 saturated heterocycles. The quantitative estimate of drug-likeness (QED) is 0.753. The van der Waals surface area contributed by atoms with Crippen LogP contribution in [0, 0.1) is 5.92 Å². The third-order valence-electron chi connectivity index (χ3n) is 3.54. The van der Waals surface area contributed by atoms with Gasteiger partial charge in [0.25, 0.3) is 0 Å². The number of morpholine rings is 1. The fourth-order valence-electron chi connectivity index (χ4n) is 2.70. The van der Waals surface area contributed by atoms with Gasteiger partial charge < -0.3 is 9.84 Å². The number of hydrogen-bond acceptors (Lipinski definition) is 4. The number of carboxylic acids is 1. The van der Waals surface area contributed by atoms with Crippen molar-refractivity contribution >= 4 is 5.97 Å². The second-order valence-electron chi connectivity index (χ2n) is 5.85. The van der Waals surface area contributed by atoms with Gasteiger partial charge in [-0.2, -0.15) is 0 Å². The molecule has 1 fully saturated rings. The van der Waals surface area contributed by atoms with Crippen LogP contribution in [-0.2, 0) is 9.53 Å². The molecule has 1 heterocycles. The topological polar surface area (TPSA) is 53.0 Å². The number of nitrogens with zero attached hydrogens (tertiary/aromatic N) is 2. The van der Waals surface area contributed by atoms with Crippen LogP contribution in [0.3, 0.4) is 0 Å². The van der Waals surface area contributed by atoms with Crippen molar-refractivity contribution in [3.8, 4) is 0 Å². The predicted molar refractivity (Wildman–Crippen MR) is 75.4 cm³/mol. The molecule has 0 radical (unpaired) electrons. The molecule has 0 aromatic carbocycles. The maximum absolute atomic E-state index is 11.1. The summed E-state index contributed by atoms with van der Waals surface area (Å²) >= 11 is 0. The van der Waals surface area contributed by atoms with Crippen molar-refractivity contribution in [3.63, 3.8) is 0 Å². The van der Waals surface area contributed by atoms with E-state index in [-0.39, 0.29) is 6.10 Å². The predicted octanol–water partition coefficient (Wildman–Crippen LogP) is 1.14. The Morgan fingerprint density at radius 1 is 1.53 bits per heavy atom. The molecule has 5 nitrogen and oxygen atoms in total. The van der Waals surface area contributed by atoms with E-state index in [1.165, 1.54) is 0 Å². The summed E-state index contributed by atoms with van der Waals surface area (Å²) in [6.07, 6.45) is 0.736. The first-order valence-electron chi connectivity index (χ1n) is 7.21. The number of rotatable bonds is 7. The number of likely N-dealkylation sites (N-methyl/N-ethyl adjacent to an activating group) is 1. The minimum Gasteiger partial charge on any atom is -0.480 e. The molecule has 0 aromatic heterocycles. The molecule has 5 heteroatoms. The third kappa shape index (κ3) is 5.47. The SMILES string of the molecule is CCC(C(=O)O)N(C)CC1CN(CC(C)C)CCO1. The van der Waals surface area contributed by atoms with Gasteiger partial charge in [-0.25, -0.2) is 0 Å². The number of carboxylic acid groups (broad SMARTS) is 1. The Morgan fingerprint density at radius 2 is 2.21 bits per heavy atom. The van der Waals surface area contributed by atoms with Crippen LogP contribution in [0.4, 0.5) is 0 Å². The molecule has 0 aliphatic carbocycles. The zero-order valence-corrected chi connectivity index (χ0v) is 12.6. The van der Waals surface area contributed by atoms with Gasteiger partial charge in [0.2, 0.25) is 0 Å².